The predicted octanol–water partition coefficient (Wildman–Crippen LogP) is 0.554. The van der Waals surface area contributed by atoms with E-state index in [1.54, 1.807) is 18.9 Å². The largest absolute Gasteiger partial charge is 0.478 e. The van der Waals surface area contributed by atoms with Crippen molar-refractivity contribution in [2.75, 3.05) is 37.3 Å². The van der Waals surface area contributed by atoms with Crippen LogP contribution in [0.5, 0.6) is 0 Å². The Balaban J connectivity index is 2.35. The SMILES string of the molecule is Cc1cc(N2CCN(C)C(=O)C2)cc(C(=O)O)c1N. The van der Waals surface area contributed by atoms with E-state index in [0.717, 1.165) is 5.69 Å². The van der Waals surface area contributed by atoms with E-state index in [0.29, 0.717) is 18.7 Å². The van der Waals surface area contributed by atoms with Gasteiger partial charge in [0, 0.05) is 31.5 Å². The number of nitrogen functional groups attached to an aromatic ring is 1. The Morgan fingerprint density at radius 2 is 2.05 bits per heavy atom. The van der Waals surface area contributed by atoms with Crippen LogP contribution in [0.1, 0.15) is 15.9 Å². The zero-order valence-electron chi connectivity index (χ0n) is 11.0. The van der Waals surface area contributed by atoms with Crippen LogP contribution in [-0.2, 0) is 4.79 Å². The third-order valence-electron chi connectivity index (χ3n) is 3.42. The first-order valence-electron chi connectivity index (χ1n) is 6.02. The van der Waals surface area contributed by atoms with E-state index in [2.05, 4.69) is 0 Å². The standard InChI is InChI=1S/C13H17N3O3/c1-8-5-9(6-10(12(8)14)13(18)19)16-4-3-15(2)11(17)7-16/h5-6H,3-4,7,14H2,1-2H3,(H,18,19). The maximum absolute atomic E-state index is 11.7. The molecule has 1 aliphatic rings. The molecule has 2 rings (SSSR count). The molecule has 1 amide bonds. The van der Waals surface area contributed by atoms with Crippen LogP contribution in [0.4, 0.5) is 11.4 Å². The maximum Gasteiger partial charge on any atom is 0.337 e. The van der Waals surface area contributed by atoms with Crippen molar-refractivity contribution in [2.45, 2.75) is 6.92 Å². The molecular formula is C13H17N3O3. The fourth-order valence-corrected chi connectivity index (χ4v) is 2.12. The minimum Gasteiger partial charge on any atom is -0.478 e. The van der Waals surface area contributed by atoms with Gasteiger partial charge in [-0.15, -0.1) is 0 Å². The Morgan fingerprint density at radius 1 is 1.37 bits per heavy atom. The van der Waals surface area contributed by atoms with Gasteiger partial charge in [-0.3, -0.25) is 4.79 Å². The summed E-state index contributed by atoms with van der Waals surface area (Å²) in [6, 6.07) is 3.35. The summed E-state index contributed by atoms with van der Waals surface area (Å²) in [7, 11) is 1.76. The first kappa shape index (κ1) is 13.2. The second kappa shape index (κ2) is 4.79. The average molecular weight is 263 g/mol. The summed E-state index contributed by atoms with van der Waals surface area (Å²) in [6.45, 7) is 3.34. The molecule has 1 aromatic carbocycles. The van der Waals surface area contributed by atoms with Crippen LogP contribution in [0.25, 0.3) is 0 Å². The number of anilines is 2. The third kappa shape index (κ3) is 2.47. The van der Waals surface area contributed by atoms with Gasteiger partial charge in [-0.1, -0.05) is 0 Å². The number of aromatic carboxylic acids is 1. The topological polar surface area (TPSA) is 86.9 Å². The number of nitrogens with zero attached hydrogens (tertiary/aromatic N) is 2. The molecule has 0 unspecified atom stereocenters. The molecule has 1 aliphatic heterocycles. The number of benzene rings is 1. The summed E-state index contributed by atoms with van der Waals surface area (Å²) in [6.07, 6.45) is 0. The van der Waals surface area contributed by atoms with Crippen molar-refractivity contribution in [3.05, 3.63) is 23.3 Å². The summed E-state index contributed by atoms with van der Waals surface area (Å²) in [4.78, 5) is 26.4. The highest BCUT2D eigenvalue weighted by atomic mass is 16.4. The van der Waals surface area contributed by atoms with E-state index in [1.807, 2.05) is 11.0 Å². The fourth-order valence-electron chi connectivity index (χ4n) is 2.12. The van der Waals surface area contributed by atoms with Crippen LogP contribution in [0.15, 0.2) is 12.1 Å². The van der Waals surface area contributed by atoms with Gasteiger partial charge in [-0.05, 0) is 24.6 Å². The summed E-state index contributed by atoms with van der Waals surface area (Å²) < 4.78 is 0. The molecule has 0 aromatic heterocycles. The number of carboxylic acid groups (broad SMARTS) is 1. The van der Waals surface area contributed by atoms with E-state index in [9.17, 15) is 9.59 Å². The number of carboxylic acids is 1. The number of hydrogen-bond donors (Lipinski definition) is 2. The lowest BCUT2D eigenvalue weighted by molar-refractivity contribution is -0.129. The molecule has 1 heterocycles. The molecule has 1 fully saturated rings. The van der Waals surface area contributed by atoms with Crippen LogP contribution < -0.4 is 10.6 Å². The van der Waals surface area contributed by atoms with Gasteiger partial charge in [0.05, 0.1) is 12.1 Å². The molecule has 0 aliphatic carbocycles. The van der Waals surface area contributed by atoms with Crippen LogP contribution in [0.3, 0.4) is 0 Å². The van der Waals surface area contributed by atoms with E-state index < -0.39 is 5.97 Å². The number of carbonyl (C=O) groups is 2. The van der Waals surface area contributed by atoms with Crippen LogP contribution in [-0.4, -0.2) is 48.6 Å². The van der Waals surface area contributed by atoms with Gasteiger partial charge in [-0.2, -0.15) is 0 Å². The molecule has 0 atom stereocenters. The number of piperazine rings is 1. The van der Waals surface area contributed by atoms with Gasteiger partial charge in [0.25, 0.3) is 0 Å². The molecular weight excluding hydrogens is 246 g/mol. The monoisotopic (exact) mass is 263 g/mol. The molecule has 3 N–H and O–H groups in total. The molecule has 102 valence electrons. The van der Waals surface area contributed by atoms with Crippen LogP contribution >= 0.6 is 0 Å². The third-order valence-corrected chi connectivity index (χ3v) is 3.42. The number of likely N-dealkylation sites (N-methyl/N-ethyl adjacent to an activating group) is 1. The smallest absolute Gasteiger partial charge is 0.337 e. The molecule has 0 spiro atoms. The number of hydrogen-bond acceptors (Lipinski definition) is 4. The molecule has 0 bridgehead atoms. The highest BCUT2D eigenvalue weighted by Gasteiger charge is 2.23. The Bertz CT molecular complexity index is 542. The van der Waals surface area contributed by atoms with E-state index in [-0.39, 0.29) is 23.7 Å². The Hall–Kier alpha value is -2.24. The number of nitrogens with two attached hydrogens (primary N) is 1. The number of amides is 1. The minimum atomic E-state index is -1.05. The Morgan fingerprint density at radius 3 is 2.63 bits per heavy atom. The van der Waals surface area contributed by atoms with Crippen molar-refractivity contribution < 1.29 is 14.7 Å². The molecule has 0 saturated carbocycles. The van der Waals surface area contributed by atoms with E-state index in [4.69, 9.17) is 10.8 Å². The number of aryl methyl sites for hydroxylation is 1. The fraction of sp³-hybridized carbons (Fsp3) is 0.385. The van der Waals surface area contributed by atoms with E-state index >= 15 is 0 Å². The van der Waals surface area contributed by atoms with Crippen molar-refractivity contribution in [2.24, 2.45) is 0 Å². The first-order valence-corrected chi connectivity index (χ1v) is 6.02. The summed E-state index contributed by atoms with van der Waals surface area (Å²) in [5, 5.41) is 9.13. The normalized spacial score (nSPS) is 15.8. The van der Waals surface area contributed by atoms with Gasteiger partial charge < -0.3 is 20.6 Å². The lowest BCUT2D eigenvalue weighted by Crippen LogP contribution is -2.48. The minimum absolute atomic E-state index is 0.0256. The van der Waals surface area contributed by atoms with Crippen molar-refractivity contribution in [3.8, 4) is 0 Å². The second-order valence-electron chi connectivity index (χ2n) is 4.77. The summed E-state index contributed by atoms with van der Waals surface area (Å²) in [5.74, 6) is -1.03. The average Bonchev–Trinajstić information content (AvgIpc) is 2.35. The zero-order chi connectivity index (χ0) is 14.2. The van der Waals surface area contributed by atoms with Crippen molar-refractivity contribution >= 4 is 23.3 Å². The molecule has 6 nitrogen and oxygen atoms in total. The van der Waals surface area contributed by atoms with Gasteiger partial charge in [0.1, 0.15) is 0 Å². The molecule has 6 heteroatoms. The molecule has 0 radical (unpaired) electrons. The highest BCUT2D eigenvalue weighted by Crippen LogP contribution is 2.26. The van der Waals surface area contributed by atoms with Gasteiger partial charge in [0.15, 0.2) is 0 Å². The lowest BCUT2D eigenvalue weighted by Gasteiger charge is -2.34. The quantitative estimate of drug-likeness (QED) is 0.761. The van der Waals surface area contributed by atoms with Gasteiger partial charge >= 0.3 is 5.97 Å². The highest BCUT2D eigenvalue weighted by molar-refractivity contribution is 5.96. The Labute approximate surface area is 111 Å². The molecule has 1 aromatic rings. The second-order valence-corrected chi connectivity index (χ2v) is 4.77. The summed E-state index contributed by atoms with van der Waals surface area (Å²) >= 11 is 0. The number of carbonyl (C=O) groups excluding carboxylic acids is 1. The first-order chi connectivity index (χ1) is 8.90. The van der Waals surface area contributed by atoms with Gasteiger partial charge in [0.2, 0.25) is 5.91 Å². The van der Waals surface area contributed by atoms with Crippen molar-refractivity contribution in [1.82, 2.24) is 4.90 Å². The summed E-state index contributed by atoms with van der Waals surface area (Å²) in [5.41, 5.74) is 7.55. The zero-order valence-corrected chi connectivity index (χ0v) is 11.0. The molecule has 19 heavy (non-hydrogen) atoms. The lowest BCUT2D eigenvalue weighted by atomic mass is 10.1. The van der Waals surface area contributed by atoms with Gasteiger partial charge in [-0.25, -0.2) is 4.79 Å². The van der Waals surface area contributed by atoms with Crippen molar-refractivity contribution in [1.29, 1.82) is 0 Å². The predicted molar refractivity (Wildman–Crippen MR) is 72.4 cm³/mol. The maximum atomic E-state index is 11.7. The van der Waals surface area contributed by atoms with Crippen molar-refractivity contribution in [3.63, 3.8) is 0 Å². The Kier molecular flexibility index (Phi) is 3.33. The van der Waals surface area contributed by atoms with Crippen LogP contribution in [0.2, 0.25) is 0 Å². The number of rotatable bonds is 2. The van der Waals surface area contributed by atoms with Crippen LogP contribution in [0, 0.1) is 6.92 Å². The molecule has 1 saturated heterocycles. The van der Waals surface area contributed by atoms with E-state index in [1.165, 1.54) is 6.07 Å².